The number of carbonyl (C=O) groups excluding carboxylic acids is 1. The largest absolute Gasteiger partial charge is 0.477 e. The van der Waals surface area contributed by atoms with Gasteiger partial charge in [-0.2, -0.15) is 0 Å². The van der Waals surface area contributed by atoms with Crippen molar-refractivity contribution in [2.75, 3.05) is 7.11 Å². The Bertz CT molecular complexity index is 1310. The summed E-state index contributed by atoms with van der Waals surface area (Å²) in [4.78, 5) is 45.0. The fraction of sp³-hybridized carbons (Fsp3) is 0.444. The number of hydrogen-bond donors (Lipinski definition) is 5. The SMILES string of the molecule is CCc1c(Cc2[nH]c(Cc3[nH]c(C(=O)O)c(C)c3CC)c(CCC(=O)OC)c2C)[nH]c(C(=O)O)c1C. The Labute approximate surface area is 210 Å². The van der Waals surface area contributed by atoms with Crippen LogP contribution in [0.5, 0.6) is 0 Å². The van der Waals surface area contributed by atoms with E-state index in [9.17, 15) is 24.6 Å². The molecule has 9 nitrogen and oxygen atoms in total. The predicted octanol–water partition coefficient (Wildman–Crippen LogP) is 4.40. The highest BCUT2D eigenvalue weighted by Crippen LogP contribution is 2.29. The van der Waals surface area contributed by atoms with E-state index in [2.05, 4.69) is 15.0 Å². The van der Waals surface area contributed by atoms with E-state index in [1.165, 1.54) is 7.11 Å². The Balaban J connectivity index is 2.07. The van der Waals surface area contributed by atoms with E-state index in [4.69, 9.17) is 4.74 Å². The van der Waals surface area contributed by atoms with Gasteiger partial charge in [-0.3, -0.25) is 4.79 Å². The molecule has 9 heteroatoms. The summed E-state index contributed by atoms with van der Waals surface area (Å²) in [7, 11) is 1.36. The van der Waals surface area contributed by atoms with Gasteiger partial charge in [-0.25, -0.2) is 9.59 Å². The molecule has 5 N–H and O–H groups in total. The van der Waals surface area contributed by atoms with Crippen LogP contribution in [0, 0.1) is 20.8 Å². The second kappa shape index (κ2) is 10.9. The fourth-order valence-corrected chi connectivity index (χ4v) is 5.19. The molecule has 0 aromatic carbocycles. The lowest BCUT2D eigenvalue weighted by Crippen LogP contribution is -2.05. The topological polar surface area (TPSA) is 148 Å². The van der Waals surface area contributed by atoms with Crippen LogP contribution in [0.15, 0.2) is 0 Å². The van der Waals surface area contributed by atoms with Crippen LogP contribution in [0.2, 0.25) is 0 Å². The van der Waals surface area contributed by atoms with Crippen molar-refractivity contribution < 1.29 is 29.3 Å². The van der Waals surface area contributed by atoms with Gasteiger partial charge >= 0.3 is 17.9 Å². The fourth-order valence-electron chi connectivity index (χ4n) is 5.19. The summed E-state index contributed by atoms with van der Waals surface area (Å²) in [6.45, 7) is 9.61. The van der Waals surface area contributed by atoms with E-state index in [-0.39, 0.29) is 23.8 Å². The van der Waals surface area contributed by atoms with Crippen molar-refractivity contribution in [3.8, 4) is 0 Å². The maximum Gasteiger partial charge on any atom is 0.352 e. The summed E-state index contributed by atoms with van der Waals surface area (Å²) in [6, 6.07) is 0. The van der Waals surface area contributed by atoms with Gasteiger partial charge in [0.2, 0.25) is 0 Å². The molecular weight excluding hydrogens is 462 g/mol. The van der Waals surface area contributed by atoms with Crippen molar-refractivity contribution in [2.45, 2.75) is 73.1 Å². The third-order valence-corrected chi connectivity index (χ3v) is 7.16. The Morgan fingerprint density at radius 1 is 0.694 bits per heavy atom. The summed E-state index contributed by atoms with van der Waals surface area (Å²) in [6.07, 6.45) is 3.03. The smallest absolute Gasteiger partial charge is 0.352 e. The molecule has 194 valence electrons. The minimum atomic E-state index is -0.994. The molecule has 0 spiro atoms. The van der Waals surface area contributed by atoms with E-state index in [1.54, 1.807) is 0 Å². The van der Waals surface area contributed by atoms with Gasteiger partial charge in [0, 0.05) is 42.0 Å². The molecule has 36 heavy (non-hydrogen) atoms. The van der Waals surface area contributed by atoms with Crippen LogP contribution in [0.4, 0.5) is 0 Å². The van der Waals surface area contributed by atoms with Crippen molar-refractivity contribution in [1.29, 1.82) is 0 Å². The highest BCUT2D eigenvalue weighted by Gasteiger charge is 2.23. The minimum Gasteiger partial charge on any atom is -0.477 e. The summed E-state index contributed by atoms with van der Waals surface area (Å²) >= 11 is 0. The van der Waals surface area contributed by atoms with Crippen LogP contribution in [-0.4, -0.2) is 50.2 Å². The lowest BCUT2D eigenvalue weighted by molar-refractivity contribution is -0.140. The zero-order chi connectivity index (χ0) is 26.7. The van der Waals surface area contributed by atoms with Crippen molar-refractivity contribution in [3.05, 3.63) is 67.5 Å². The van der Waals surface area contributed by atoms with Crippen molar-refractivity contribution in [2.24, 2.45) is 0 Å². The van der Waals surface area contributed by atoms with Crippen LogP contribution < -0.4 is 0 Å². The Morgan fingerprint density at radius 2 is 1.14 bits per heavy atom. The van der Waals surface area contributed by atoms with E-state index in [0.29, 0.717) is 32.1 Å². The molecule has 0 saturated carbocycles. The second-order valence-electron chi connectivity index (χ2n) is 9.10. The summed E-state index contributed by atoms with van der Waals surface area (Å²) in [5, 5.41) is 19.1. The lowest BCUT2D eigenvalue weighted by atomic mass is 9.98. The van der Waals surface area contributed by atoms with Gasteiger partial charge in [-0.05, 0) is 73.4 Å². The van der Waals surface area contributed by atoms with E-state index < -0.39 is 11.9 Å². The average molecular weight is 498 g/mol. The number of carboxylic acids is 2. The molecule has 3 aromatic heterocycles. The van der Waals surface area contributed by atoms with Crippen LogP contribution in [-0.2, 0) is 41.6 Å². The minimum absolute atomic E-state index is 0.192. The Hall–Kier alpha value is -3.75. The van der Waals surface area contributed by atoms with E-state index in [1.807, 2.05) is 34.6 Å². The molecule has 0 unspecified atom stereocenters. The number of nitrogens with one attached hydrogen (secondary N) is 3. The normalized spacial score (nSPS) is 11.2. The van der Waals surface area contributed by atoms with Crippen molar-refractivity contribution >= 4 is 17.9 Å². The Morgan fingerprint density at radius 3 is 1.56 bits per heavy atom. The van der Waals surface area contributed by atoms with Crippen LogP contribution in [0.1, 0.15) is 97.4 Å². The first-order valence-corrected chi connectivity index (χ1v) is 12.2. The number of esters is 1. The maximum absolute atomic E-state index is 11.9. The molecule has 0 amide bonds. The summed E-state index contributed by atoms with van der Waals surface area (Å²) in [5.41, 5.74) is 9.32. The number of ether oxygens (including phenoxy) is 1. The number of H-pyrrole nitrogens is 3. The molecule has 0 bridgehead atoms. The molecule has 3 rings (SSSR count). The molecule has 0 radical (unpaired) electrons. The first kappa shape index (κ1) is 26.8. The Kier molecular flexibility index (Phi) is 8.12. The third kappa shape index (κ3) is 5.10. The number of hydrogen-bond acceptors (Lipinski definition) is 4. The number of rotatable bonds is 11. The molecule has 3 aromatic rings. The predicted molar refractivity (Wildman–Crippen MR) is 135 cm³/mol. The number of aromatic carboxylic acids is 2. The van der Waals surface area contributed by atoms with Gasteiger partial charge in [0.15, 0.2) is 0 Å². The van der Waals surface area contributed by atoms with Crippen molar-refractivity contribution in [1.82, 2.24) is 15.0 Å². The average Bonchev–Trinajstić information content (AvgIpc) is 3.43. The molecule has 0 fully saturated rings. The second-order valence-corrected chi connectivity index (χ2v) is 9.10. The monoisotopic (exact) mass is 497 g/mol. The highest BCUT2D eigenvalue weighted by atomic mass is 16.5. The van der Waals surface area contributed by atoms with Gasteiger partial charge < -0.3 is 29.9 Å². The molecule has 0 aliphatic heterocycles. The van der Waals surface area contributed by atoms with Gasteiger partial charge in [-0.1, -0.05) is 13.8 Å². The van der Waals surface area contributed by atoms with E-state index in [0.717, 1.165) is 56.2 Å². The first-order valence-electron chi connectivity index (χ1n) is 12.2. The molecule has 0 aliphatic rings. The van der Waals surface area contributed by atoms with Gasteiger partial charge in [-0.15, -0.1) is 0 Å². The number of methoxy groups -OCH3 is 1. The number of carboxylic acid groups (broad SMARTS) is 2. The molecule has 0 saturated heterocycles. The first-order chi connectivity index (χ1) is 17.0. The number of aromatic amines is 3. The number of aromatic nitrogens is 3. The highest BCUT2D eigenvalue weighted by molar-refractivity contribution is 5.88. The van der Waals surface area contributed by atoms with Gasteiger partial charge in [0.05, 0.1) is 7.11 Å². The van der Waals surface area contributed by atoms with Crippen LogP contribution in [0.25, 0.3) is 0 Å². The summed E-state index contributed by atoms with van der Waals surface area (Å²) < 4.78 is 4.84. The van der Waals surface area contributed by atoms with Gasteiger partial charge in [0.1, 0.15) is 11.4 Å². The van der Waals surface area contributed by atoms with Crippen LogP contribution >= 0.6 is 0 Å². The van der Waals surface area contributed by atoms with Crippen molar-refractivity contribution in [3.63, 3.8) is 0 Å². The molecule has 0 atom stereocenters. The molecular formula is C27H35N3O6. The zero-order valence-corrected chi connectivity index (χ0v) is 21.8. The third-order valence-electron chi connectivity index (χ3n) is 7.16. The standard InChI is InChI=1S/C27H35N3O6/c1-7-16-14(4)24(26(32)33)29-20(16)11-19-13(3)18(9-10-23(31)36-6)22(28-19)12-21-17(8-2)15(5)25(30-21)27(34)35/h28-30H,7-12H2,1-6H3,(H,32,33)(H,34,35). The van der Waals surface area contributed by atoms with Crippen LogP contribution in [0.3, 0.4) is 0 Å². The zero-order valence-electron chi connectivity index (χ0n) is 21.8. The lowest BCUT2D eigenvalue weighted by Gasteiger charge is -2.07. The van der Waals surface area contributed by atoms with E-state index >= 15 is 0 Å². The van der Waals surface area contributed by atoms with Gasteiger partial charge in [0.25, 0.3) is 0 Å². The maximum atomic E-state index is 11.9. The number of carbonyl (C=O) groups is 3. The molecule has 3 heterocycles. The quantitative estimate of drug-likeness (QED) is 0.248. The molecule has 0 aliphatic carbocycles. The summed E-state index contributed by atoms with van der Waals surface area (Å²) in [5.74, 6) is -2.29.